The normalized spacial score (nSPS) is 29.2. The number of nitrogens with zero attached hydrogens (tertiary/aromatic N) is 4. The van der Waals surface area contributed by atoms with Gasteiger partial charge >= 0.3 is 0 Å². The molecule has 2 fully saturated rings. The zero-order valence-electron chi connectivity index (χ0n) is 12.3. The molecule has 1 aromatic heterocycles. The average Bonchev–Trinajstić information content (AvgIpc) is 2.50. The van der Waals surface area contributed by atoms with E-state index in [4.69, 9.17) is 0 Å². The van der Waals surface area contributed by atoms with Gasteiger partial charge in [-0.1, -0.05) is 0 Å². The van der Waals surface area contributed by atoms with Crippen molar-refractivity contribution >= 4 is 5.82 Å². The first kappa shape index (κ1) is 13.8. The molecule has 1 aromatic rings. The molecule has 1 N–H and O–H groups in total. The van der Waals surface area contributed by atoms with E-state index < -0.39 is 0 Å². The Bertz CT molecular complexity index is 394. The molecule has 2 heterocycles. The molecule has 2 aliphatic rings. The van der Waals surface area contributed by atoms with Gasteiger partial charge in [0.15, 0.2) is 0 Å². The molecule has 1 aliphatic carbocycles. The van der Waals surface area contributed by atoms with E-state index in [0.29, 0.717) is 6.04 Å². The lowest BCUT2D eigenvalue weighted by molar-refractivity contribution is 0.0894. The van der Waals surface area contributed by atoms with Crippen LogP contribution >= 0.6 is 0 Å². The lowest BCUT2D eigenvalue weighted by Crippen LogP contribution is -2.50. The molecule has 110 valence electrons. The van der Waals surface area contributed by atoms with Crippen LogP contribution in [0.4, 0.5) is 5.82 Å². The Morgan fingerprint density at radius 1 is 1.10 bits per heavy atom. The SMILES string of the molecule is CN1CCN(C2CCC(Nc3ccncn3)CC2)CC1. The Kier molecular flexibility index (Phi) is 4.47. The first-order valence-electron chi connectivity index (χ1n) is 7.76. The molecule has 0 amide bonds. The number of rotatable bonds is 3. The zero-order valence-corrected chi connectivity index (χ0v) is 12.3. The summed E-state index contributed by atoms with van der Waals surface area (Å²) >= 11 is 0. The molecule has 0 unspecified atom stereocenters. The molecule has 0 spiro atoms. The summed E-state index contributed by atoms with van der Waals surface area (Å²) in [5, 5.41) is 3.53. The molecule has 1 saturated heterocycles. The van der Waals surface area contributed by atoms with Crippen molar-refractivity contribution in [2.24, 2.45) is 0 Å². The lowest BCUT2D eigenvalue weighted by Gasteiger charge is -2.41. The number of hydrogen-bond acceptors (Lipinski definition) is 5. The molecule has 0 aromatic carbocycles. The van der Waals surface area contributed by atoms with Crippen LogP contribution < -0.4 is 5.32 Å². The zero-order chi connectivity index (χ0) is 13.8. The lowest BCUT2D eigenvalue weighted by atomic mass is 9.90. The van der Waals surface area contributed by atoms with Gasteiger partial charge in [0.2, 0.25) is 0 Å². The number of aromatic nitrogens is 2. The van der Waals surface area contributed by atoms with Crippen molar-refractivity contribution in [1.82, 2.24) is 19.8 Å². The second-order valence-electron chi connectivity index (χ2n) is 6.08. The third-order valence-electron chi connectivity index (χ3n) is 4.68. The van der Waals surface area contributed by atoms with Gasteiger partial charge in [-0.15, -0.1) is 0 Å². The number of piperazine rings is 1. The van der Waals surface area contributed by atoms with E-state index in [-0.39, 0.29) is 0 Å². The van der Waals surface area contributed by atoms with Crippen LogP contribution in [0.1, 0.15) is 25.7 Å². The summed E-state index contributed by atoms with van der Waals surface area (Å²) < 4.78 is 0. The fourth-order valence-electron chi connectivity index (χ4n) is 3.36. The molecule has 5 heteroatoms. The summed E-state index contributed by atoms with van der Waals surface area (Å²) in [4.78, 5) is 13.3. The van der Waals surface area contributed by atoms with E-state index in [9.17, 15) is 0 Å². The number of nitrogens with one attached hydrogen (secondary N) is 1. The van der Waals surface area contributed by atoms with Crippen LogP contribution in [0.3, 0.4) is 0 Å². The molecule has 0 bridgehead atoms. The summed E-state index contributed by atoms with van der Waals surface area (Å²) in [5.74, 6) is 0.961. The smallest absolute Gasteiger partial charge is 0.129 e. The topological polar surface area (TPSA) is 44.3 Å². The molecule has 1 saturated carbocycles. The molecule has 1 aliphatic heterocycles. The number of anilines is 1. The Hall–Kier alpha value is -1.20. The van der Waals surface area contributed by atoms with E-state index in [0.717, 1.165) is 11.9 Å². The van der Waals surface area contributed by atoms with Crippen LogP contribution in [0.5, 0.6) is 0 Å². The maximum atomic E-state index is 4.25. The second kappa shape index (κ2) is 6.50. The summed E-state index contributed by atoms with van der Waals surface area (Å²) in [6.07, 6.45) is 8.53. The molecule has 3 rings (SSSR count). The Balaban J connectivity index is 1.45. The summed E-state index contributed by atoms with van der Waals surface area (Å²) in [6.45, 7) is 4.93. The van der Waals surface area contributed by atoms with E-state index in [1.807, 2.05) is 6.07 Å². The fourth-order valence-corrected chi connectivity index (χ4v) is 3.36. The third kappa shape index (κ3) is 3.46. The van der Waals surface area contributed by atoms with Gasteiger partial charge in [-0.25, -0.2) is 9.97 Å². The number of likely N-dealkylation sites (N-methyl/N-ethyl adjacent to an activating group) is 1. The quantitative estimate of drug-likeness (QED) is 0.904. The maximum Gasteiger partial charge on any atom is 0.129 e. The van der Waals surface area contributed by atoms with Crippen LogP contribution in [0.15, 0.2) is 18.6 Å². The maximum absolute atomic E-state index is 4.25. The molecular weight excluding hydrogens is 250 g/mol. The fraction of sp³-hybridized carbons (Fsp3) is 0.733. The van der Waals surface area contributed by atoms with Crippen molar-refractivity contribution < 1.29 is 0 Å². The monoisotopic (exact) mass is 275 g/mol. The third-order valence-corrected chi connectivity index (χ3v) is 4.68. The first-order valence-corrected chi connectivity index (χ1v) is 7.76. The van der Waals surface area contributed by atoms with Gasteiger partial charge in [-0.2, -0.15) is 0 Å². The highest BCUT2D eigenvalue weighted by atomic mass is 15.3. The molecule has 20 heavy (non-hydrogen) atoms. The minimum Gasteiger partial charge on any atom is -0.367 e. The standard InChI is InChI=1S/C15H25N5/c1-19-8-10-20(11-9-19)14-4-2-13(3-5-14)18-15-6-7-16-12-17-15/h6-7,12-14H,2-5,8-11H2,1H3,(H,16,17,18). The van der Waals surface area contributed by atoms with E-state index in [1.54, 1.807) is 12.5 Å². The molecule has 0 radical (unpaired) electrons. The van der Waals surface area contributed by atoms with Crippen LogP contribution in [-0.2, 0) is 0 Å². The van der Waals surface area contributed by atoms with E-state index >= 15 is 0 Å². The van der Waals surface area contributed by atoms with Crippen molar-refractivity contribution in [1.29, 1.82) is 0 Å². The van der Waals surface area contributed by atoms with Crippen LogP contribution in [0.2, 0.25) is 0 Å². The van der Waals surface area contributed by atoms with Crippen LogP contribution in [0.25, 0.3) is 0 Å². The van der Waals surface area contributed by atoms with E-state index in [1.165, 1.54) is 51.9 Å². The van der Waals surface area contributed by atoms with Gasteiger partial charge in [0.1, 0.15) is 12.1 Å². The second-order valence-corrected chi connectivity index (χ2v) is 6.08. The van der Waals surface area contributed by atoms with Crippen molar-refractivity contribution in [3.63, 3.8) is 0 Å². The number of hydrogen-bond donors (Lipinski definition) is 1. The van der Waals surface area contributed by atoms with Crippen LogP contribution in [-0.4, -0.2) is 65.1 Å². The minimum absolute atomic E-state index is 0.577. The molecular formula is C15H25N5. The average molecular weight is 275 g/mol. The Labute approximate surface area is 121 Å². The van der Waals surface area contributed by atoms with Crippen molar-refractivity contribution in [2.45, 2.75) is 37.8 Å². The Morgan fingerprint density at radius 3 is 2.50 bits per heavy atom. The van der Waals surface area contributed by atoms with Gasteiger partial charge in [0.05, 0.1) is 0 Å². The highest BCUT2D eigenvalue weighted by Gasteiger charge is 2.27. The predicted octanol–water partition coefficient (Wildman–Crippen LogP) is 1.45. The first-order chi connectivity index (χ1) is 9.81. The van der Waals surface area contributed by atoms with Gasteiger partial charge in [-0.3, -0.25) is 4.90 Å². The van der Waals surface area contributed by atoms with Crippen molar-refractivity contribution in [2.75, 3.05) is 38.5 Å². The summed E-state index contributed by atoms with van der Waals surface area (Å²) in [7, 11) is 2.22. The molecule has 5 nitrogen and oxygen atoms in total. The van der Waals surface area contributed by atoms with Crippen LogP contribution in [0, 0.1) is 0 Å². The van der Waals surface area contributed by atoms with Crippen molar-refractivity contribution in [3.05, 3.63) is 18.6 Å². The molecule has 0 atom stereocenters. The Morgan fingerprint density at radius 2 is 1.85 bits per heavy atom. The summed E-state index contributed by atoms with van der Waals surface area (Å²) in [6, 6.07) is 3.33. The van der Waals surface area contributed by atoms with Gasteiger partial charge < -0.3 is 10.2 Å². The highest BCUT2D eigenvalue weighted by Crippen LogP contribution is 2.25. The minimum atomic E-state index is 0.577. The van der Waals surface area contributed by atoms with Gasteiger partial charge in [0.25, 0.3) is 0 Å². The van der Waals surface area contributed by atoms with Gasteiger partial charge in [-0.05, 0) is 38.8 Å². The predicted molar refractivity (Wildman–Crippen MR) is 80.8 cm³/mol. The highest BCUT2D eigenvalue weighted by molar-refractivity contribution is 5.33. The largest absolute Gasteiger partial charge is 0.367 e. The van der Waals surface area contributed by atoms with E-state index in [2.05, 4.69) is 32.1 Å². The van der Waals surface area contributed by atoms with Gasteiger partial charge in [0, 0.05) is 44.5 Å². The summed E-state index contributed by atoms with van der Waals surface area (Å²) in [5.41, 5.74) is 0. The van der Waals surface area contributed by atoms with Crippen molar-refractivity contribution in [3.8, 4) is 0 Å².